The number of esters is 3. The molecule has 0 heterocycles. The van der Waals surface area contributed by atoms with E-state index in [2.05, 4.69) is 106 Å². The van der Waals surface area contributed by atoms with E-state index in [0.29, 0.717) is 19.3 Å². The first-order valence-corrected chi connectivity index (χ1v) is 26.6. The van der Waals surface area contributed by atoms with Gasteiger partial charge in [-0.05, 0) is 109 Å². The van der Waals surface area contributed by atoms with Crippen molar-refractivity contribution in [2.45, 2.75) is 252 Å². The second kappa shape index (κ2) is 52.2. The van der Waals surface area contributed by atoms with Crippen LogP contribution in [0.25, 0.3) is 0 Å². The zero-order valence-electron chi connectivity index (χ0n) is 41.8. The Kier molecular flexibility index (Phi) is 49.4. The van der Waals surface area contributed by atoms with Gasteiger partial charge in [0.25, 0.3) is 0 Å². The van der Waals surface area contributed by atoms with Crippen molar-refractivity contribution in [1.29, 1.82) is 0 Å². The van der Waals surface area contributed by atoms with Crippen molar-refractivity contribution in [2.24, 2.45) is 0 Å². The van der Waals surface area contributed by atoms with E-state index in [1.165, 1.54) is 83.5 Å². The van der Waals surface area contributed by atoms with Gasteiger partial charge < -0.3 is 14.2 Å². The van der Waals surface area contributed by atoms with Crippen LogP contribution < -0.4 is 0 Å². The molecule has 0 amide bonds. The summed E-state index contributed by atoms with van der Waals surface area (Å²) in [4.78, 5) is 38.0. The summed E-state index contributed by atoms with van der Waals surface area (Å²) in [6, 6.07) is 0. The molecule has 6 nitrogen and oxygen atoms in total. The average Bonchev–Trinajstić information content (AvgIpc) is 3.29. The van der Waals surface area contributed by atoms with Crippen LogP contribution in [0.2, 0.25) is 0 Å². The highest BCUT2D eigenvalue weighted by Gasteiger charge is 2.19. The van der Waals surface area contributed by atoms with Crippen molar-refractivity contribution in [2.75, 3.05) is 13.2 Å². The summed E-state index contributed by atoms with van der Waals surface area (Å²) < 4.78 is 16.8. The summed E-state index contributed by atoms with van der Waals surface area (Å²) >= 11 is 0. The van der Waals surface area contributed by atoms with Crippen LogP contribution in [0.1, 0.15) is 245 Å². The van der Waals surface area contributed by atoms with Crippen molar-refractivity contribution < 1.29 is 28.6 Å². The molecule has 1 unspecified atom stereocenters. The second-order valence-corrected chi connectivity index (χ2v) is 17.4. The molecule has 0 rings (SSSR count). The number of hydrogen-bond acceptors (Lipinski definition) is 6. The molecule has 1 atom stereocenters. The Morgan fingerprint density at radius 2 is 0.609 bits per heavy atom. The van der Waals surface area contributed by atoms with E-state index in [4.69, 9.17) is 14.2 Å². The fraction of sp³-hybridized carbons (Fsp3) is 0.707. The van der Waals surface area contributed by atoms with Crippen LogP contribution in [0.15, 0.2) is 85.1 Å². The van der Waals surface area contributed by atoms with E-state index in [1.807, 2.05) is 0 Å². The Balaban J connectivity index is 4.44. The van der Waals surface area contributed by atoms with Gasteiger partial charge in [-0.1, -0.05) is 202 Å². The van der Waals surface area contributed by atoms with Gasteiger partial charge in [-0.15, -0.1) is 0 Å². The van der Waals surface area contributed by atoms with Gasteiger partial charge in [0, 0.05) is 19.3 Å². The third-order valence-electron chi connectivity index (χ3n) is 11.1. The number of ether oxygens (including phenoxy) is 3. The van der Waals surface area contributed by atoms with Crippen molar-refractivity contribution in [3.05, 3.63) is 85.1 Å². The molecular formula is C58H98O6. The first-order valence-electron chi connectivity index (χ1n) is 26.6. The molecule has 0 fully saturated rings. The normalized spacial score (nSPS) is 12.7. The average molecular weight is 891 g/mol. The van der Waals surface area contributed by atoms with Crippen LogP contribution in [-0.2, 0) is 28.6 Å². The number of unbranched alkanes of at least 4 members (excludes halogenated alkanes) is 22. The number of hydrogen-bond donors (Lipinski definition) is 0. The van der Waals surface area contributed by atoms with Crippen LogP contribution in [0, 0.1) is 0 Å². The summed E-state index contributed by atoms with van der Waals surface area (Å²) in [7, 11) is 0. The molecule has 0 aromatic heterocycles. The van der Waals surface area contributed by atoms with Gasteiger partial charge >= 0.3 is 17.9 Å². The Labute approximate surface area is 395 Å². The Morgan fingerprint density at radius 3 is 0.984 bits per heavy atom. The molecule has 0 aliphatic heterocycles. The summed E-state index contributed by atoms with van der Waals surface area (Å²) in [5.41, 5.74) is 0. The molecule has 0 aromatic rings. The number of carbonyl (C=O) groups excluding carboxylic acids is 3. The van der Waals surface area contributed by atoms with Gasteiger partial charge in [-0.2, -0.15) is 0 Å². The molecule has 6 heteroatoms. The van der Waals surface area contributed by atoms with E-state index < -0.39 is 6.10 Å². The molecule has 0 radical (unpaired) electrons. The van der Waals surface area contributed by atoms with Gasteiger partial charge in [-0.25, -0.2) is 0 Å². The maximum atomic E-state index is 12.8. The molecule has 0 bridgehead atoms. The third-order valence-corrected chi connectivity index (χ3v) is 11.1. The fourth-order valence-corrected chi connectivity index (χ4v) is 7.17. The number of carbonyl (C=O) groups is 3. The molecule has 366 valence electrons. The van der Waals surface area contributed by atoms with Crippen molar-refractivity contribution in [3.63, 3.8) is 0 Å². The lowest BCUT2D eigenvalue weighted by Gasteiger charge is -2.18. The monoisotopic (exact) mass is 891 g/mol. The minimum absolute atomic E-state index is 0.0949. The second-order valence-electron chi connectivity index (χ2n) is 17.4. The third kappa shape index (κ3) is 49.6. The van der Waals surface area contributed by atoms with Crippen molar-refractivity contribution >= 4 is 17.9 Å². The van der Waals surface area contributed by atoms with Gasteiger partial charge in [-0.3, -0.25) is 14.4 Å². The number of rotatable bonds is 47. The number of allylic oxidation sites excluding steroid dienone is 14. The molecule has 0 aliphatic rings. The smallest absolute Gasteiger partial charge is 0.306 e. The van der Waals surface area contributed by atoms with E-state index in [1.54, 1.807) is 0 Å². The zero-order chi connectivity index (χ0) is 46.5. The molecule has 0 aliphatic carbocycles. The highest BCUT2D eigenvalue weighted by atomic mass is 16.6. The molecule has 0 N–H and O–H groups in total. The lowest BCUT2D eigenvalue weighted by molar-refractivity contribution is -0.167. The lowest BCUT2D eigenvalue weighted by atomic mass is 10.1. The highest BCUT2D eigenvalue weighted by Crippen LogP contribution is 2.14. The maximum absolute atomic E-state index is 12.8. The van der Waals surface area contributed by atoms with E-state index >= 15 is 0 Å². The van der Waals surface area contributed by atoms with E-state index in [-0.39, 0.29) is 31.1 Å². The summed E-state index contributed by atoms with van der Waals surface area (Å²) in [6.07, 6.45) is 67.1. The standard InChI is InChI=1S/C58H98O6/c1-4-7-10-13-16-19-22-25-27-29-31-33-36-39-42-45-48-51-57(60)63-54-55(53-62-56(59)50-47-44-41-38-35-32-24-21-18-15-12-9-6-3)64-58(61)52-49-46-43-40-37-34-30-28-26-23-20-17-14-11-8-5-2/h7,9-10,12,16,18-19,21,25,27-28,30,32,35,55H,4-6,8,11,13-15,17,20,22-24,26,29,31,33-34,36-54H2,1-3H3/b10-7-,12-9-,19-16-,21-18-,27-25-,30-28-,35-32-. The largest absolute Gasteiger partial charge is 0.462 e. The lowest BCUT2D eigenvalue weighted by Crippen LogP contribution is -2.30. The van der Waals surface area contributed by atoms with Gasteiger partial charge in [0.15, 0.2) is 6.10 Å². The summed E-state index contributed by atoms with van der Waals surface area (Å²) in [5, 5.41) is 0. The van der Waals surface area contributed by atoms with Crippen molar-refractivity contribution in [3.8, 4) is 0 Å². The van der Waals surface area contributed by atoms with Crippen LogP contribution >= 0.6 is 0 Å². The quantitative estimate of drug-likeness (QED) is 0.0262. The molecule has 0 saturated heterocycles. The molecule has 64 heavy (non-hydrogen) atoms. The Morgan fingerprint density at radius 1 is 0.328 bits per heavy atom. The minimum Gasteiger partial charge on any atom is -0.462 e. The van der Waals surface area contributed by atoms with Crippen molar-refractivity contribution in [1.82, 2.24) is 0 Å². The van der Waals surface area contributed by atoms with E-state index in [9.17, 15) is 14.4 Å². The molecule has 0 aromatic carbocycles. The topological polar surface area (TPSA) is 78.9 Å². The Bertz CT molecular complexity index is 1250. The summed E-state index contributed by atoms with van der Waals surface area (Å²) in [6.45, 7) is 6.37. The van der Waals surface area contributed by atoms with Gasteiger partial charge in [0.05, 0.1) is 0 Å². The van der Waals surface area contributed by atoms with Gasteiger partial charge in [0.2, 0.25) is 0 Å². The van der Waals surface area contributed by atoms with Crippen LogP contribution in [0.3, 0.4) is 0 Å². The predicted molar refractivity (Wildman–Crippen MR) is 274 cm³/mol. The van der Waals surface area contributed by atoms with Crippen LogP contribution in [0.5, 0.6) is 0 Å². The van der Waals surface area contributed by atoms with Crippen LogP contribution in [-0.4, -0.2) is 37.2 Å². The zero-order valence-corrected chi connectivity index (χ0v) is 41.8. The molecule has 0 spiro atoms. The fourth-order valence-electron chi connectivity index (χ4n) is 7.17. The molecule has 0 saturated carbocycles. The minimum atomic E-state index is -0.797. The Hall–Kier alpha value is -3.41. The highest BCUT2D eigenvalue weighted by molar-refractivity contribution is 5.71. The maximum Gasteiger partial charge on any atom is 0.306 e. The first-order chi connectivity index (χ1) is 31.5. The van der Waals surface area contributed by atoms with Crippen LogP contribution in [0.4, 0.5) is 0 Å². The molecular weight excluding hydrogens is 793 g/mol. The predicted octanol–water partition coefficient (Wildman–Crippen LogP) is 17.6. The summed E-state index contributed by atoms with van der Waals surface area (Å²) in [5.74, 6) is -0.942. The first kappa shape index (κ1) is 60.6. The SMILES string of the molecule is CC/C=C\C/C=C\C/C=C\CCCCCCCCCC(=O)OCC(COC(=O)CCCCC/C=C\C/C=C\C/C=C\CC)OC(=O)CCCCCCC/C=C\CCCCCCCCC. The van der Waals surface area contributed by atoms with Gasteiger partial charge in [0.1, 0.15) is 13.2 Å². The van der Waals surface area contributed by atoms with E-state index in [0.717, 1.165) is 122 Å².